The van der Waals surface area contributed by atoms with Crippen LogP contribution in [0.1, 0.15) is 12.8 Å². The van der Waals surface area contributed by atoms with Gasteiger partial charge in [0, 0.05) is 10.1 Å². The van der Waals surface area contributed by atoms with Gasteiger partial charge in [-0.05, 0) is 37.1 Å². The van der Waals surface area contributed by atoms with Crippen molar-refractivity contribution in [1.82, 2.24) is 0 Å². The van der Waals surface area contributed by atoms with Crippen molar-refractivity contribution < 1.29 is 4.74 Å². The van der Waals surface area contributed by atoms with E-state index in [4.69, 9.17) is 51.1 Å². The van der Waals surface area contributed by atoms with Gasteiger partial charge in [-0.3, -0.25) is 0 Å². The van der Waals surface area contributed by atoms with Crippen LogP contribution in [0.5, 0.6) is 0 Å². The Morgan fingerprint density at radius 1 is 0.913 bits per heavy atom. The summed E-state index contributed by atoms with van der Waals surface area (Å²) in [6, 6.07) is 0. The molecule has 0 heterocycles. The van der Waals surface area contributed by atoms with Crippen LogP contribution in [0.25, 0.3) is 0 Å². The molecule has 0 saturated carbocycles. The molecule has 0 aromatic heterocycles. The first kappa shape index (κ1) is 18.9. The second kappa shape index (κ2) is 7.63. The third kappa shape index (κ3) is 4.35. The average Bonchev–Trinajstić information content (AvgIpc) is 2.48. The lowest BCUT2D eigenvalue weighted by Crippen LogP contribution is -2.45. The number of allylic oxidation sites excluding steroid dienone is 6. The Morgan fingerprint density at radius 2 is 1.30 bits per heavy atom. The molecule has 0 N–H and O–H groups in total. The maximum atomic E-state index is 6.71. The van der Waals surface area contributed by atoms with Crippen LogP contribution < -0.4 is 0 Å². The Morgan fingerprint density at radius 3 is 1.65 bits per heavy atom. The molecule has 0 aliphatic heterocycles. The summed E-state index contributed by atoms with van der Waals surface area (Å²) < 4.78 is 6.23. The molecule has 5 heteroatoms. The summed E-state index contributed by atoms with van der Waals surface area (Å²) in [7, 11) is 0. The summed E-state index contributed by atoms with van der Waals surface area (Å²) in [6.45, 7) is 7.52. The monoisotopic (exact) mass is 390 g/mol. The van der Waals surface area contributed by atoms with E-state index in [2.05, 4.69) is 13.2 Å². The van der Waals surface area contributed by atoms with E-state index in [1.54, 1.807) is 36.5 Å². The van der Waals surface area contributed by atoms with E-state index >= 15 is 0 Å². The van der Waals surface area contributed by atoms with E-state index in [9.17, 15) is 0 Å². The topological polar surface area (TPSA) is 9.23 Å². The van der Waals surface area contributed by atoms with Gasteiger partial charge in [0.1, 0.15) is 12.2 Å². The zero-order valence-electron chi connectivity index (χ0n) is 12.5. The van der Waals surface area contributed by atoms with E-state index in [-0.39, 0.29) is 0 Å². The number of alkyl halides is 2. The third-order valence-electron chi connectivity index (χ3n) is 3.81. The van der Waals surface area contributed by atoms with Crippen molar-refractivity contribution in [1.29, 1.82) is 0 Å². The lowest BCUT2D eigenvalue weighted by atomic mass is 9.90. The molecule has 2 aliphatic carbocycles. The van der Waals surface area contributed by atoms with Crippen molar-refractivity contribution >= 4 is 46.4 Å². The van der Waals surface area contributed by atoms with Crippen molar-refractivity contribution in [2.45, 2.75) is 34.8 Å². The molecular formula is C18H18Cl4O. The van der Waals surface area contributed by atoms with Crippen LogP contribution in [0.15, 0.2) is 71.8 Å². The predicted octanol–water partition coefficient (Wildman–Crippen LogP) is 6.23. The highest BCUT2D eigenvalue weighted by Gasteiger charge is 2.42. The van der Waals surface area contributed by atoms with Crippen molar-refractivity contribution in [3.8, 4) is 0 Å². The molecule has 23 heavy (non-hydrogen) atoms. The molecule has 0 saturated heterocycles. The number of ether oxygens (including phenoxy) is 1. The van der Waals surface area contributed by atoms with Crippen LogP contribution in [0.3, 0.4) is 0 Å². The summed E-state index contributed by atoms with van der Waals surface area (Å²) in [4.78, 5) is -1.51. The van der Waals surface area contributed by atoms with Gasteiger partial charge in [0.15, 0.2) is 0 Å². The van der Waals surface area contributed by atoms with Crippen LogP contribution in [-0.2, 0) is 4.74 Å². The first-order valence-corrected chi connectivity index (χ1v) is 8.72. The van der Waals surface area contributed by atoms with Gasteiger partial charge in [-0.2, -0.15) is 0 Å². The minimum absolute atomic E-state index is 0.458. The fourth-order valence-corrected chi connectivity index (χ4v) is 3.50. The molecule has 4 unspecified atom stereocenters. The number of halogens is 4. The quantitative estimate of drug-likeness (QED) is 0.385. The summed E-state index contributed by atoms with van der Waals surface area (Å²) in [5.41, 5.74) is 0. The Kier molecular flexibility index (Phi) is 6.27. The summed E-state index contributed by atoms with van der Waals surface area (Å²) in [5, 5.41) is 1.14. The summed E-state index contributed by atoms with van der Waals surface area (Å²) >= 11 is 25.7. The second-order valence-corrected chi connectivity index (χ2v) is 7.87. The number of rotatable bonds is 6. The summed E-state index contributed by atoms with van der Waals surface area (Å²) in [5.74, 6) is 0. The Bertz CT molecular complexity index is 552. The maximum absolute atomic E-state index is 6.71. The predicted molar refractivity (Wildman–Crippen MR) is 102 cm³/mol. The zero-order valence-corrected chi connectivity index (χ0v) is 15.5. The molecule has 0 fully saturated rings. The van der Waals surface area contributed by atoms with Gasteiger partial charge in [-0.15, -0.1) is 36.4 Å². The fraction of sp³-hybridized carbons (Fsp3) is 0.333. The number of hydrogen-bond acceptors (Lipinski definition) is 1. The fourth-order valence-electron chi connectivity index (χ4n) is 2.58. The van der Waals surface area contributed by atoms with Crippen LogP contribution in [0.4, 0.5) is 0 Å². The molecule has 2 aliphatic rings. The molecule has 0 aromatic rings. The van der Waals surface area contributed by atoms with Crippen molar-refractivity contribution in [2.24, 2.45) is 0 Å². The van der Waals surface area contributed by atoms with E-state index in [1.165, 1.54) is 0 Å². The lowest BCUT2D eigenvalue weighted by molar-refractivity contribution is 0.0108. The van der Waals surface area contributed by atoms with E-state index < -0.39 is 22.0 Å². The Labute approximate surface area is 157 Å². The highest BCUT2D eigenvalue weighted by molar-refractivity contribution is 6.33. The first-order chi connectivity index (χ1) is 10.8. The standard InChI is InChI=1S/C18H18Cl4O/c1-3-7-17(21)9-5-13(19)11-15(17)23-16-12-14(20)6-10-18(16,22)8-4-2/h3-6,9-12,15-16H,1-2,7-8H2. The molecule has 0 bridgehead atoms. The normalized spacial score (nSPS) is 36.3. The molecule has 2 rings (SSSR count). The van der Waals surface area contributed by atoms with Gasteiger partial charge in [0.2, 0.25) is 0 Å². The molecule has 4 atom stereocenters. The van der Waals surface area contributed by atoms with Gasteiger partial charge in [-0.25, -0.2) is 0 Å². The second-order valence-electron chi connectivity index (χ2n) is 5.59. The van der Waals surface area contributed by atoms with Crippen LogP contribution in [-0.4, -0.2) is 22.0 Å². The Balaban J connectivity index is 2.30. The molecular weight excluding hydrogens is 374 g/mol. The summed E-state index contributed by atoms with van der Waals surface area (Å²) in [6.07, 6.45) is 14.4. The molecule has 0 amide bonds. The number of hydrogen-bond donors (Lipinski definition) is 0. The molecule has 1 nitrogen and oxygen atoms in total. The van der Waals surface area contributed by atoms with Gasteiger partial charge in [-0.1, -0.05) is 47.5 Å². The van der Waals surface area contributed by atoms with E-state index in [0.717, 1.165) is 0 Å². The average molecular weight is 392 g/mol. The third-order valence-corrected chi connectivity index (χ3v) is 5.31. The smallest absolute Gasteiger partial charge is 0.101 e. The highest BCUT2D eigenvalue weighted by Crippen LogP contribution is 2.40. The van der Waals surface area contributed by atoms with Crippen LogP contribution in [0.2, 0.25) is 0 Å². The molecule has 0 radical (unpaired) electrons. The minimum atomic E-state index is -0.756. The van der Waals surface area contributed by atoms with Crippen molar-refractivity contribution in [2.75, 3.05) is 0 Å². The molecule has 0 aromatic carbocycles. The zero-order chi connectivity index (χ0) is 17.1. The van der Waals surface area contributed by atoms with E-state index in [1.807, 2.05) is 12.2 Å². The first-order valence-electron chi connectivity index (χ1n) is 7.21. The van der Waals surface area contributed by atoms with Crippen LogP contribution in [0, 0.1) is 0 Å². The molecule has 0 spiro atoms. The van der Waals surface area contributed by atoms with Gasteiger partial charge in [0.05, 0.1) is 9.75 Å². The van der Waals surface area contributed by atoms with Crippen molar-refractivity contribution in [3.63, 3.8) is 0 Å². The van der Waals surface area contributed by atoms with Crippen molar-refractivity contribution in [3.05, 3.63) is 71.8 Å². The van der Waals surface area contributed by atoms with E-state index in [0.29, 0.717) is 22.9 Å². The van der Waals surface area contributed by atoms with Crippen LogP contribution >= 0.6 is 46.4 Å². The minimum Gasteiger partial charge on any atom is -0.362 e. The largest absolute Gasteiger partial charge is 0.362 e. The maximum Gasteiger partial charge on any atom is 0.101 e. The highest BCUT2D eigenvalue weighted by atomic mass is 35.5. The van der Waals surface area contributed by atoms with Gasteiger partial charge >= 0.3 is 0 Å². The van der Waals surface area contributed by atoms with Gasteiger partial charge in [0.25, 0.3) is 0 Å². The lowest BCUT2D eigenvalue weighted by Gasteiger charge is -2.39. The van der Waals surface area contributed by atoms with Gasteiger partial charge < -0.3 is 4.74 Å². The Hall–Kier alpha value is -0.440. The SMILES string of the molecule is C=CCC1(Cl)C=CC(Cl)=CC1OC1C=C(Cl)C=CC1(Cl)CC=C. The molecule has 124 valence electrons.